The first-order valence-electron chi connectivity index (χ1n) is 7.44. The third-order valence-corrected chi connectivity index (χ3v) is 4.34. The van der Waals surface area contributed by atoms with Crippen molar-refractivity contribution >= 4 is 15.9 Å². The van der Waals surface area contributed by atoms with Crippen LogP contribution in [-0.2, 0) is 13.2 Å². The maximum Gasteiger partial charge on any atom is 0.268 e. The van der Waals surface area contributed by atoms with Crippen molar-refractivity contribution in [1.82, 2.24) is 4.57 Å². The highest BCUT2D eigenvalue weighted by atomic mass is 79.9. The van der Waals surface area contributed by atoms with Crippen molar-refractivity contribution < 1.29 is 9.13 Å². The van der Waals surface area contributed by atoms with E-state index in [0.717, 1.165) is 5.56 Å². The van der Waals surface area contributed by atoms with Gasteiger partial charge in [-0.2, -0.15) is 0 Å². The van der Waals surface area contributed by atoms with Crippen LogP contribution >= 0.6 is 15.9 Å². The molecule has 1 heterocycles. The molecule has 0 bridgehead atoms. The molecule has 3 nitrogen and oxygen atoms in total. The molecular formula is C19H15BrFNO2. The third-order valence-electron chi connectivity index (χ3n) is 3.61. The lowest BCUT2D eigenvalue weighted by Crippen LogP contribution is -2.21. The van der Waals surface area contributed by atoms with Crippen LogP contribution in [0, 0.1) is 5.82 Å². The Morgan fingerprint density at radius 3 is 2.46 bits per heavy atom. The molecule has 0 aliphatic carbocycles. The first kappa shape index (κ1) is 16.5. The van der Waals surface area contributed by atoms with Crippen LogP contribution in [0.5, 0.6) is 5.75 Å². The molecule has 0 saturated heterocycles. The van der Waals surface area contributed by atoms with Gasteiger partial charge in [0.25, 0.3) is 5.56 Å². The Bertz CT molecular complexity index is 893. The second-order valence-electron chi connectivity index (χ2n) is 5.29. The molecule has 0 aliphatic rings. The van der Waals surface area contributed by atoms with Crippen molar-refractivity contribution in [1.29, 1.82) is 0 Å². The predicted molar refractivity (Wildman–Crippen MR) is 94.7 cm³/mol. The summed E-state index contributed by atoms with van der Waals surface area (Å²) in [6, 6.07) is 17.8. The average Bonchev–Trinajstić information content (AvgIpc) is 2.61. The van der Waals surface area contributed by atoms with E-state index in [-0.39, 0.29) is 17.9 Å². The fraction of sp³-hybridized carbons (Fsp3) is 0.105. The molecular weight excluding hydrogens is 373 g/mol. The highest BCUT2D eigenvalue weighted by Gasteiger charge is 2.10. The third kappa shape index (κ3) is 3.74. The summed E-state index contributed by atoms with van der Waals surface area (Å²) in [5.41, 5.74) is 1.22. The van der Waals surface area contributed by atoms with Gasteiger partial charge >= 0.3 is 0 Å². The van der Waals surface area contributed by atoms with Crippen LogP contribution in [-0.4, -0.2) is 4.57 Å². The van der Waals surface area contributed by atoms with Crippen LogP contribution < -0.4 is 10.3 Å². The van der Waals surface area contributed by atoms with E-state index in [4.69, 9.17) is 4.74 Å². The smallest absolute Gasteiger partial charge is 0.268 e. The van der Waals surface area contributed by atoms with Gasteiger partial charge in [-0.15, -0.1) is 0 Å². The molecule has 0 radical (unpaired) electrons. The summed E-state index contributed by atoms with van der Waals surface area (Å²) in [6.07, 6.45) is 1.61. The van der Waals surface area contributed by atoms with Gasteiger partial charge in [0.1, 0.15) is 22.6 Å². The predicted octanol–water partition coefficient (Wildman–Crippen LogP) is 4.38. The normalized spacial score (nSPS) is 10.6. The van der Waals surface area contributed by atoms with Gasteiger partial charge in [0, 0.05) is 11.8 Å². The summed E-state index contributed by atoms with van der Waals surface area (Å²) < 4.78 is 21.2. The van der Waals surface area contributed by atoms with Crippen LogP contribution in [0.3, 0.4) is 0 Å². The van der Waals surface area contributed by atoms with Gasteiger partial charge in [-0.1, -0.05) is 48.5 Å². The number of rotatable bonds is 5. The fourth-order valence-corrected chi connectivity index (χ4v) is 2.79. The summed E-state index contributed by atoms with van der Waals surface area (Å²) in [7, 11) is 0. The Kier molecular flexibility index (Phi) is 5.11. The molecule has 0 N–H and O–H groups in total. The highest BCUT2D eigenvalue weighted by molar-refractivity contribution is 9.10. The largest absolute Gasteiger partial charge is 0.487 e. The monoisotopic (exact) mass is 387 g/mol. The van der Waals surface area contributed by atoms with E-state index >= 15 is 0 Å². The summed E-state index contributed by atoms with van der Waals surface area (Å²) in [4.78, 5) is 12.4. The van der Waals surface area contributed by atoms with E-state index in [1.807, 2.05) is 30.3 Å². The van der Waals surface area contributed by atoms with Gasteiger partial charge in [0.15, 0.2) is 0 Å². The molecule has 1 aromatic heterocycles. The van der Waals surface area contributed by atoms with E-state index in [1.165, 1.54) is 10.6 Å². The van der Waals surface area contributed by atoms with Crippen molar-refractivity contribution in [2.45, 2.75) is 13.2 Å². The van der Waals surface area contributed by atoms with Gasteiger partial charge in [-0.05, 0) is 33.6 Å². The van der Waals surface area contributed by atoms with Gasteiger partial charge in [-0.25, -0.2) is 4.39 Å². The first-order chi connectivity index (χ1) is 11.6. The minimum Gasteiger partial charge on any atom is -0.487 e. The zero-order valence-corrected chi connectivity index (χ0v) is 14.4. The summed E-state index contributed by atoms with van der Waals surface area (Å²) in [6.45, 7) is 0.541. The lowest BCUT2D eigenvalue weighted by molar-refractivity contribution is 0.302. The van der Waals surface area contributed by atoms with Crippen LogP contribution in [0.15, 0.2) is 76.1 Å². The molecule has 0 saturated carbocycles. The molecule has 0 spiro atoms. The number of halogens is 2. The number of ether oxygens (including phenoxy) is 1. The number of aromatic nitrogens is 1. The Balaban J connectivity index is 1.79. The molecule has 24 heavy (non-hydrogen) atoms. The number of benzene rings is 2. The molecule has 0 fully saturated rings. The molecule has 5 heteroatoms. The van der Waals surface area contributed by atoms with Crippen molar-refractivity contribution in [2.24, 2.45) is 0 Å². The molecule has 122 valence electrons. The van der Waals surface area contributed by atoms with E-state index in [1.54, 1.807) is 30.5 Å². The molecule has 3 aromatic rings. The Labute approximate surface area is 147 Å². The summed E-state index contributed by atoms with van der Waals surface area (Å²) in [5.74, 6) is 0.138. The fourth-order valence-electron chi connectivity index (χ4n) is 2.31. The zero-order chi connectivity index (χ0) is 16.9. The second kappa shape index (κ2) is 7.45. The number of hydrogen-bond acceptors (Lipinski definition) is 2. The molecule has 0 aliphatic heterocycles. The maximum absolute atomic E-state index is 13.7. The van der Waals surface area contributed by atoms with Crippen molar-refractivity contribution in [3.05, 3.63) is 98.6 Å². The Hall–Kier alpha value is -2.40. The van der Waals surface area contributed by atoms with Crippen LogP contribution in [0.25, 0.3) is 0 Å². The minimum atomic E-state index is -0.329. The molecule has 0 unspecified atom stereocenters. The second-order valence-corrected chi connectivity index (χ2v) is 6.09. The SMILES string of the molecule is O=c1c(Br)c(OCc2ccccc2)ccn1Cc1ccccc1F. The van der Waals surface area contributed by atoms with Gasteiger partial charge in [0.05, 0.1) is 6.54 Å². The maximum atomic E-state index is 13.7. The van der Waals surface area contributed by atoms with Gasteiger partial charge in [0.2, 0.25) is 0 Å². The highest BCUT2D eigenvalue weighted by Crippen LogP contribution is 2.22. The number of pyridine rings is 1. The lowest BCUT2D eigenvalue weighted by atomic mass is 10.2. The van der Waals surface area contributed by atoms with E-state index in [9.17, 15) is 9.18 Å². The first-order valence-corrected chi connectivity index (χ1v) is 8.23. The van der Waals surface area contributed by atoms with Crippen LogP contribution in [0.2, 0.25) is 0 Å². The molecule has 3 rings (SSSR count). The van der Waals surface area contributed by atoms with Gasteiger partial charge in [-0.3, -0.25) is 4.79 Å². The molecule has 0 atom stereocenters. The van der Waals surface area contributed by atoms with Crippen molar-refractivity contribution in [3.8, 4) is 5.75 Å². The number of hydrogen-bond donors (Lipinski definition) is 0. The lowest BCUT2D eigenvalue weighted by Gasteiger charge is -2.11. The quantitative estimate of drug-likeness (QED) is 0.650. The molecule has 2 aromatic carbocycles. The zero-order valence-electron chi connectivity index (χ0n) is 12.8. The van der Waals surface area contributed by atoms with Crippen molar-refractivity contribution in [3.63, 3.8) is 0 Å². The minimum absolute atomic E-state index is 0.170. The van der Waals surface area contributed by atoms with Crippen molar-refractivity contribution in [2.75, 3.05) is 0 Å². The average molecular weight is 388 g/mol. The standard InChI is InChI=1S/C19H15BrFNO2/c20-18-17(24-13-14-6-2-1-3-7-14)10-11-22(19(18)23)12-15-8-4-5-9-16(15)21/h1-11H,12-13H2. The summed E-state index contributed by atoms with van der Waals surface area (Å²) in [5, 5.41) is 0. The van der Waals surface area contributed by atoms with Crippen LogP contribution in [0.1, 0.15) is 11.1 Å². The summed E-state index contributed by atoms with van der Waals surface area (Å²) >= 11 is 3.28. The van der Waals surface area contributed by atoms with E-state index < -0.39 is 0 Å². The Morgan fingerprint density at radius 2 is 1.71 bits per heavy atom. The van der Waals surface area contributed by atoms with E-state index in [0.29, 0.717) is 22.4 Å². The number of nitrogens with zero attached hydrogens (tertiary/aromatic N) is 1. The Morgan fingerprint density at radius 1 is 1.00 bits per heavy atom. The van der Waals surface area contributed by atoms with Crippen LogP contribution in [0.4, 0.5) is 4.39 Å². The molecule has 0 amide bonds. The van der Waals surface area contributed by atoms with E-state index in [2.05, 4.69) is 15.9 Å². The van der Waals surface area contributed by atoms with Gasteiger partial charge < -0.3 is 9.30 Å². The topological polar surface area (TPSA) is 31.2 Å².